The number of allylic oxidation sites excluding steroid dienone is 2. The molecule has 2 aromatic carbocycles. The number of hydrogen-bond acceptors (Lipinski definition) is 4. The van der Waals surface area contributed by atoms with Gasteiger partial charge < -0.3 is 13.6 Å². The summed E-state index contributed by atoms with van der Waals surface area (Å²) in [5.41, 5.74) is 0. The second kappa shape index (κ2) is 9.95. The molecule has 134 valence electrons. The van der Waals surface area contributed by atoms with Crippen molar-refractivity contribution in [1.29, 1.82) is 0 Å². The van der Waals surface area contributed by atoms with Gasteiger partial charge >= 0.3 is 7.82 Å². The van der Waals surface area contributed by atoms with E-state index < -0.39 is 7.82 Å². The van der Waals surface area contributed by atoms with Gasteiger partial charge in [0.1, 0.15) is 17.3 Å². The first-order valence-corrected chi connectivity index (χ1v) is 10.0. The van der Waals surface area contributed by atoms with E-state index in [0.29, 0.717) is 17.3 Å². The topological polar surface area (TPSA) is 44.8 Å². The lowest BCUT2D eigenvalue weighted by atomic mass is 10.2. The molecule has 0 saturated carbocycles. The summed E-state index contributed by atoms with van der Waals surface area (Å²) >= 11 is 0. The van der Waals surface area contributed by atoms with Crippen LogP contribution in [-0.2, 0) is 9.09 Å². The monoisotopic (exact) mass is 360 g/mol. The van der Waals surface area contributed by atoms with E-state index in [1.54, 1.807) is 55.5 Å². The van der Waals surface area contributed by atoms with Crippen LogP contribution in [-0.4, -0.2) is 0 Å². The largest absolute Gasteiger partial charge is 0.646 e. The first-order valence-electron chi connectivity index (χ1n) is 8.57. The fourth-order valence-electron chi connectivity index (χ4n) is 2.19. The van der Waals surface area contributed by atoms with Crippen LogP contribution >= 0.6 is 7.82 Å². The summed E-state index contributed by atoms with van der Waals surface area (Å²) in [6, 6.07) is 17.8. The molecule has 0 spiro atoms. The van der Waals surface area contributed by atoms with Crippen molar-refractivity contribution in [2.45, 2.75) is 39.5 Å². The van der Waals surface area contributed by atoms with E-state index in [9.17, 15) is 4.57 Å². The first-order chi connectivity index (χ1) is 12.1. The Bertz CT molecular complexity index is 653. The maximum absolute atomic E-state index is 13.1. The Balaban J connectivity index is 2.12. The molecule has 0 atom stereocenters. The van der Waals surface area contributed by atoms with Gasteiger partial charge in [0.2, 0.25) is 0 Å². The molecule has 2 rings (SSSR count). The highest BCUT2D eigenvalue weighted by Gasteiger charge is 2.32. The molecule has 0 aliphatic rings. The Kier molecular flexibility index (Phi) is 7.62. The standard InChI is InChI=1S/C20H25O4P/c1-3-4-5-8-13-18(2)22-25(21,23-19-14-9-6-10-15-19)24-20-16-11-7-12-17-20/h6-7,9-17H,3-5,8H2,1-2H3. The fraction of sp³-hybridized carbons (Fsp3) is 0.300. The molecule has 0 aliphatic carbocycles. The molecule has 25 heavy (non-hydrogen) atoms. The molecule has 0 bridgehead atoms. The first kappa shape index (κ1) is 19.1. The molecule has 4 nitrogen and oxygen atoms in total. The summed E-state index contributed by atoms with van der Waals surface area (Å²) in [6.45, 7) is 3.92. The average Bonchev–Trinajstić information content (AvgIpc) is 2.60. The molecule has 0 saturated heterocycles. The highest BCUT2D eigenvalue weighted by molar-refractivity contribution is 7.49. The predicted molar refractivity (Wildman–Crippen MR) is 101 cm³/mol. The molecule has 0 heterocycles. The van der Waals surface area contributed by atoms with E-state index in [4.69, 9.17) is 13.6 Å². The number of phosphoric acid groups is 1. The highest BCUT2D eigenvalue weighted by Crippen LogP contribution is 2.51. The molecule has 0 fully saturated rings. The van der Waals surface area contributed by atoms with E-state index in [2.05, 4.69) is 6.92 Å². The van der Waals surface area contributed by atoms with Crippen molar-refractivity contribution in [1.82, 2.24) is 0 Å². The maximum atomic E-state index is 13.1. The van der Waals surface area contributed by atoms with Crippen LogP contribution in [0.5, 0.6) is 11.5 Å². The van der Waals surface area contributed by atoms with Crippen molar-refractivity contribution < 1.29 is 18.1 Å². The fourth-order valence-corrected chi connectivity index (χ4v) is 3.49. The van der Waals surface area contributed by atoms with Crippen LogP contribution in [0.2, 0.25) is 0 Å². The van der Waals surface area contributed by atoms with E-state index in [1.165, 1.54) is 0 Å². The molecule has 0 unspecified atom stereocenters. The van der Waals surface area contributed by atoms with Crippen molar-refractivity contribution >= 4 is 7.82 Å². The van der Waals surface area contributed by atoms with Crippen LogP contribution < -0.4 is 9.05 Å². The van der Waals surface area contributed by atoms with Crippen molar-refractivity contribution in [2.75, 3.05) is 0 Å². The zero-order valence-corrected chi connectivity index (χ0v) is 15.7. The zero-order valence-electron chi connectivity index (χ0n) is 14.8. The highest BCUT2D eigenvalue weighted by atomic mass is 31.2. The Morgan fingerprint density at radius 3 is 1.92 bits per heavy atom. The molecule has 0 N–H and O–H groups in total. The number of benzene rings is 2. The normalized spacial score (nSPS) is 11.8. The molecular weight excluding hydrogens is 335 g/mol. The van der Waals surface area contributed by atoms with Gasteiger partial charge in [-0.05, 0) is 50.1 Å². The predicted octanol–water partition coefficient (Wildman–Crippen LogP) is 6.75. The SMILES string of the molecule is CCCCCC=C(C)OP(=O)(Oc1ccccc1)Oc1ccccc1. The summed E-state index contributed by atoms with van der Waals surface area (Å²) in [5, 5.41) is 0. The zero-order chi connectivity index (χ0) is 18.0. The number of para-hydroxylation sites is 2. The van der Waals surface area contributed by atoms with Gasteiger partial charge in [-0.15, -0.1) is 0 Å². The van der Waals surface area contributed by atoms with Gasteiger partial charge in [0.15, 0.2) is 0 Å². The van der Waals surface area contributed by atoms with Crippen LogP contribution in [0, 0.1) is 0 Å². The van der Waals surface area contributed by atoms with Gasteiger partial charge in [-0.3, -0.25) is 0 Å². The van der Waals surface area contributed by atoms with Crippen LogP contribution in [0.1, 0.15) is 39.5 Å². The Morgan fingerprint density at radius 2 is 1.44 bits per heavy atom. The van der Waals surface area contributed by atoms with E-state index in [-0.39, 0.29) is 0 Å². The minimum absolute atomic E-state index is 0.431. The number of phosphoric ester groups is 1. The molecule has 0 radical (unpaired) electrons. The number of rotatable bonds is 10. The van der Waals surface area contributed by atoms with Crippen LogP contribution in [0.15, 0.2) is 72.5 Å². The number of hydrogen-bond donors (Lipinski definition) is 0. The molecule has 0 aliphatic heterocycles. The Hall–Kier alpha value is -2.19. The lowest BCUT2D eigenvalue weighted by molar-refractivity contribution is 0.256. The quantitative estimate of drug-likeness (QED) is 0.267. The Morgan fingerprint density at radius 1 is 0.920 bits per heavy atom. The molecule has 0 aromatic heterocycles. The van der Waals surface area contributed by atoms with Gasteiger partial charge in [-0.1, -0.05) is 56.2 Å². The summed E-state index contributed by atoms with van der Waals surface area (Å²) in [4.78, 5) is 0. The average molecular weight is 360 g/mol. The van der Waals surface area contributed by atoms with E-state index in [1.807, 2.05) is 18.2 Å². The molecule has 0 amide bonds. The number of unbranched alkanes of at least 4 members (excludes halogenated alkanes) is 3. The van der Waals surface area contributed by atoms with Crippen LogP contribution in [0.25, 0.3) is 0 Å². The van der Waals surface area contributed by atoms with Crippen molar-refractivity contribution in [2.24, 2.45) is 0 Å². The van der Waals surface area contributed by atoms with Gasteiger partial charge in [-0.2, -0.15) is 4.57 Å². The second-order valence-electron chi connectivity index (χ2n) is 5.66. The third-order valence-corrected chi connectivity index (χ3v) is 4.80. The summed E-state index contributed by atoms with van der Waals surface area (Å²) in [6.07, 6.45) is 6.17. The van der Waals surface area contributed by atoms with Crippen molar-refractivity contribution in [3.05, 3.63) is 72.5 Å². The van der Waals surface area contributed by atoms with Gasteiger partial charge in [-0.25, -0.2) is 0 Å². The van der Waals surface area contributed by atoms with Crippen LogP contribution in [0.4, 0.5) is 0 Å². The minimum Gasteiger partial charge on any atom is -0.391 e. The lowest BCUT2D eigenvalue weighted by Gasteiger charge is -2.19. The van der Waals surface area contributed by atoms with Crippen molar-refractivity contribution in [3.63, 3.8) is 0 Å². The summed E-state index contributed by atoms with van der Waals surface area (Å²) in [5.74, 6) is 1.40. The smallest absolute Gasteiger partial charge is 0.391 e. The Labute approximate surface area is 150 Å². The van der Waals surface area contributed by atoms with E-state index in [0.717, 1.165) is 25.7 Å². The molecular formula is C20H25O4P. The second-order valence-corrected chi connectivity index (χ2v) is 7.10. The summed E-state index contributed by atoms with van der Waals surface area (Å²) in [7, 11) is -3.84. The van der Waals surface area contributed by atoms with Crippen molar-refractivity contribution in [3.8, 4) is 11.5 Å². The minimum atomic E-state index is -3.84. The van der Waals surface area contributed by atoms with Gasteiger partial charge in [0.25, 0.3) is 0 Å². The third kappa shape index (κ3) is 7.06. The third-order valence-electron chi connectivity index (χ3n) is 3.42. The van der Waals surface area contributed by atoms with Gasteiger partial charge in [0, 0.05) is 0 Å². The maximum Gasteiger partial charge on any atom is 0.646 e. The summed E-state index contributed by atoms with van der Waals surface area (Å²) < 4.78 is 29.9. The van der Waals surface area contributed by atoms with Gasteiger partial charge in [0.05, 0.1) is 0 Å². The lowest BCUT2D eigenvalue weighted by Crippen LogP contribution is -2.04. The van der Waals surface area contributed by atoms with Crippen LogP contribution in [0.3, 0.4) is 0 Å². The molecule has 5 heteroatoms. The van der Waals surface area contributed by atoms with E-state index >= 15 is 0 Å². The molecule has 2 aromatic rings.